The van der Waals surface area contributed by atoms with Gasteiger partial charge >= 0.3 is 0 Å². The van der Waals surface area contributed by atoms with Gasteiger partial charge in [-0.15, -0.1) is 0 Å². The van der Waals surface area contributed by atoms with Crippen molar-refractivity contribution in [3.8, 4) is 0 Å². The first-order valence-corrected chi connectivity index (χ1v) is 6.94. The maximum absolute atomic E-state index is 5.55. The van der Waals surface area contributed by atoms with Gasteiger partial charge in [-0.3, -0.25) is 0 Å². The van der Waals surface area contributed by atoms with Gasteiger partial charge in [0.2, 0.25) is 0 Å². The summed E-state index contributed by atoms with van der Waals surface area (Å²) in [6.07, 6.45) is 1.19. The molecule has 2 N–H and O–H groups in total. The van der Waals surface area contributed by atoms with Gasteiger partial charge in [-0.2, -0.15) is 0 Å². The molecule has 2 rings (SSSR count). The Morgan fingerprint density at radius 3 is 2.89 bits per heavy atom. The van der Waals surface area contributed by atoms with Gasteiger partial charge < -0.3 is 15.1 Å². The molecule has 0 saturated carbocycles. The highest BCUT2D eigenvalue weighted by atomic mass is 16.3. The summed E-state index contributed by atoms with van der Waals surface area (Å²) in [5, 5.41) is 6.74. The number of nitrogens with zero attached hydrogens (tertiary/aromatic N) is 1. The minimum Gasteiger partial charge on any atom is -0.441 e. The van der Waals surface area contributed by atoms with E-state index in [0.29, 0.717) is 5.92 Å². The minimum absolute atomic E-state index is 0.682. The normalized spacial score (nSPS) is 13.0. The van der Waals surface area contributed by atoms with Crippen LogP contribution in [-0.2, 0) is 6.54 Å². The zero-order valence-corrected chi connectivity index (χ0v) is 12.0. The third-order valence-corrected chi connectivity index (χ3v) is 3.39. The Morgan fingerprint density at radius 1 is 1.32 bits per heavy atom. The average Bonchev–Trinajstić information content (AvgIpc) is 2.77. The van der Waals surface area contributed by atoms with E-state index in [2.05, 4.69) is 34.7 Å². The van der Waals surface area contributed by atoms with Gasteiger partial charge in [-0.25, -0.2) is 4.98 Å². The number of aromatic nitrogens is 1. The van der Waals surface area contributed by atoms with Crippen molar-refractivity contribution in [1.29, 1.82) is 0 Å². The molecule has 19 heavy (non-hydrogen) atoms. The molecule has 1 aromatic heterocycles. The molecule has 1 heterocycles. The van der Waals surface area contributed by atoms with E-state index in [1.165, 1.54) is 12.0 Å². The van der Waals surface area contributed by atoms with E-state index in [9.17, 15) is 0 Å². The molecule has 0 spiro atoms. The first-order valence-electron chi connectivity index (χ1n) is 6.94. The van der Waals surface area contributed by atoms with Gasteiger partial charge in [0.05, 0.1) is 0 Å². The number of nitrogens with one attached hydrogen (secondary N) is 2. The van der Waals surface area contributed by atoms with E-state index in [1.54, 1.807) is 0 Å². The van der Waals surface area contributed by atoms with E-state index < -0.39 is 0 Å². The maximum atomic E-state index is 5.55. The van der Waals surface area contributed by atoms with Crippen LogP contribution in [0.1, 0.15) is 24.8 Å². The average molecular weight is 261 g/mol. The van der Waals surface area contributed by atoms with Crippen LogP contribution in [0.5, 0.6) is 0 Å². The molecule has 0 aliphatic heterocycles. The molecule has 1 atom stereocenters. The van der Waals surface area contributed by atoms with Crippen LogP contribution in [0.25, 0.3) is 11.1 Å². The number of oxazole rings is 1. The molecule has 0 radical (unpaired) electrons. The van der Waals surface area contributed by atoms with E-state index in [-0.39, 0.29) is 0 Å². The molecule has 4 heteroatoms. The molecule has 0 fully saturated rings. The Hall–Kier alpha value is -1.39. The summed E-state index contributed by atoms with van der Waals surface area (Å²) in [4.78, 5) is 4.31. The number of aryl methyl sites for hydroxylation is 1. The van der Waals surface area contributed by atoms with Crippen molar-refractivity contribution in [2.75, 3.05) is 20.1 Å². The SMILES string of the molecule is CCC(CNC)CNCc1ccc2nc(C)oc2c1. The van der Waals surface area contributed by atoms with Gasteiger partial charge in [0, 0.05) is 13.5 Å². The van der Waals surface area contributed by atoms with Crippen LogP contribution in [-0.4, -0.2) is 25.1 Å². The molecule has 2 aromatic rings. The van der Waals surface area contributed by atoms with E-state index in [4.69, 9.17) is 4.42 Å². The summed E-state index contributed by atoms with van der Waals surface area (Å²) >= 11 is 0. The molecule has 1 unspecified atom stereocenters. The lowest BCUT2D eigenvalue weighted by atomic mass is 10.1. The molecule has 104 valence electrons. The Balaban J connectivity index is 1.90. The highest BCUT2D eigenvalue weighted by Crippen LogP contribution is 2.16. The quantitative estimate of drug-likeness (QED) is 0.804. The first-order chi connectivity index (χ1) is 9.22. The molecule has 0 aliphatic carbocycles. The summed E-state index contributed by atoms with van der Waals surface area (Å²) in [6.45, 7) is 7.07. The van der Waals surface area contributed by atoms with Crippen molar-refractivity contribution in [1.82, 2.24) is 15.6 Å². The second-order valence-corrected chi connectivity index (χ2v) is 5.00. The Labute approximate surface area is 114 Å². The second-order valence-electron chi connectivity index (χ2n) is 5.00. The van der Waals surface area contributed by atoms with Crippen molar-refractivity contribution in [2.24, 2.45) is 5.92 Å². The standard InChI is InChI=1S/C15H23N3O/c1-4-12(8-16-3)9-17-10-13-5-6-14-15(7-13)19-11(2)18-14/h5-7,12,16-17H,4,8-10H2,1-3H3. The number of rotatable bonds is 7. The summed E-state index contributed by atoms with van der Waals surface area (Å²) in [7, 11) is 2.00. The largest absolute Gasteiger partial charge is 0.441 e. The van der Waals surface area contributed by atoms with Crippen LogP contribution in [0.2, 0.25) is 0 Å². The predicted molar refractivity (Wildman–Crippen MR) is 78.2 cm³/mol. The lowest BCUT2D eigenvalue weighted by molar-refractivity contribution is 0.445. The minimum atomic E-state index is 0.682. The molecule has 1 aromatic carbocycles. The molecular formula is C15H23N3O. The van der Waals surface area contributed by atoms with Gasteiger partial charge in [0.15, 0.2) is 11.5 Å². The molecule has 0 aliphatic rings. The van der Waals surface area contributed by atoms with Gasteiger partial charge in [-0.05, 0) is 43.8 Å². The number of hydrogen-bond acceptors (Lipinski definition) is 4. The second kappa shape index (κ2) is 6.68. The number of benzene rings is 1. The maximum Gasteiger partial charge on any atom is 0.192 e. The van der Waals surface area contributed by atoms with Crippen LogP contribution in [0.3, 0.4) is 0 Å². The molecule has 0 bridgehead atoms. The zero-order valence-electron chi connectivity index (χ0n) is 12.0. The molecule has 4 nitrogen and oxygen atoms in total. The third kappa shape index (κ3) is 3.78. The van der Waals surface area contributed by atoms with Crippen molar-refractivity contribution in [3.05, 3.63) is 29.7 Å². The topological polar surface area (TPSA) is 50.1 Å². The predicted octanol–water partition coefficient (Wildman–Crippen LogP) is 2.47. The van der Waals surface area contributed by atoms with Crippen LogP contribution < -0.4 is 10.6 Å². The first kappa shape index (κ1) is 14.0. The summed E-state index contributed by atoms with van der Waals surface area (Å²) < 4.78 is 5.55. The van der Waals surface area contributed by atoms with E-state index in [1.807, 2.05) is 20.0 Å². The summed E-state index contributed by atoms with van der Waals surface area (Å²) in [6, 6.07) is 6.20. The smallest absolute Gasteiger partial charge is 0.192 e. The van der Waals surface area contributed by atoms with Gasteiger partial charge in [0.25, 0.3) is 0 Å². The Bertz CT molecular complexity index is 521. The third-order valence-electron chi connectivity index (χ3n) is 3.39. The van der Waals surface area contributed by atoms with Crippen LogP contribution in [0, 0.1) is 12.8 Å². The van der Waals surface area contributed by atoms with Crippen LogP contribution >= 0.6 is 0 Å². The van der Waals surface area contributed by atoms with Gasteiger partial charge in [-0.1, -0.05) is 19.4 Å². The Morgan fingerprint density at radius 2 is 2.16 bits per heavy atom. The van der Waals surface area contributed by atoms with Crippen LogP contribution in [0.4, 0.5) is 0 Å². The zero-order chi connectivity index (χ0) is 13.7. The van der Waals surface area contributed by atoms with Gasteiger partial charge in [0.1, 0.15) is 5.52 Å². The van der Waals surface area contributed by atoms with Crippen LogP contribution in [0.15, 0.2) is 22.6 Å². The molecule has 0 amide bonds. The van der Waals surface area contributed by atoms with Crippen molar-refractivity contribution in [3.63, 3.8) is 0 Å². The highest BCUT2D eigenvalue weighted by Gasteiger charge is 2.06. The highest BCUT2D eigenvalue weighted by molar-refractivity contribution is 5.73. The van der Waals surface area contributed by atoms with E-state index in [0.717, 1.165) is 36.6 Å². The van der Waals surface area contributed by atoms with Crippen molar-refractivity contribution in [2.45, 2.75) is 26.8 Å². The summed E-state index contributed by atoms with van der Waals surface area (Å²) in [5.41, 5.74) is 3.05. The fourth-order valence-corrected chi connectivity index (χ4v) is 2.26. The molecular weight excluding hydrogens is 238 g/mol. The van der Waals surface area contributed by atoms with Crippen molar-refractivity contribution >= 4 is 11.1 Å². The van der Waals surface area contributed by atoms with E-state index >= 15 is 0 Å². The number of hydrogen-bond donors (Lipinski definition) is 2. The monoisotopic (exact) mass is 261 g/mol. The lowest BCUT2D eigenvalue weighted by Gasteiger charge is -2.15. The summed E-state index contributed by atoms with van der Waals surface area (Å²) in [5.74, 6) is 1.40. The Kier molecular flexibility index (Phi) is 4.93. The number of fused-ring (bicyclic) bond motifs is 1. The molecule has 0 saturated heterocycles. The van der Waals surface area contributed by atoms with Crippen molar-refractivity contribution < 1.29 is 4.42 Å². The fourth-order valence-electron chi connectivity index (χ4n) is 2.26. The fraction of sp³-hybridized carbons (Fsp3) is 0.533. The lowest BCUT2D eigenvalue weighted by Crippen LogP contribution is -2.29.